The van der Waals surface area contributed by atoms with Crippen molar-refractivity contribution >= 4 is 11.6 Å². The highest BCUT2D eigenvalue weighted by Crippen LogP contribution is 2.39. The Hall–Kier alpha value is -4.72. The molecular weight excluding hydrogens is 673 g/mol. The van der Waals surface area contributed by atoms with Gasteiger partial charge >= 0.3 is 0 Å². The van der Waals surface area contributed by atoms with E-state index in [2.05, 4.69) is 0 Å². The van der Waals surface area contributed by atoms with Gasteiger partial charge in [-0.05, 0) is 114 Å². The molecule has 6 nitrogen and oxygen atoms in total. The average molecular weight is 727 g/mol. The molecule has 0 saturated heterocycles. The molecule has 0 amide bonds. The van der Waals surface area contributed by atoms with E-state index in [1.807, 2.05) is 191 Å². The third-order valence-electron chi connectivity index (χ3n) is 10.8. The highest BCUT2D eigenvalue weighted by Gasteiger charge is 2.39. The number of ketones is 2. The Balaban J connectivity index is 1.48. The second-order valence-corrected chi connectivity index (χ2v) is 15.7. The van der Waals surface area contributed by atoms with Crippen LogP contribution < -0.4 is 0 Å². The maximum absolute atomic E-state index is 14.7. The number of hydrogen-bond acceptors (Lipinski definition) is 6. The van der Waals surface area contributed by atoms with Gasteiger partial charge in [0.1, 0.15) is 22.4 Å². The van der Waals surface area contributed by atoms with Crippen molar-refractivity contribution in [1.82, 2.24) is 0 Å². The maximum atomic E-state index is 14.7. The Morgan fingerprint density at radius 3 is 0.963 bits per heavy atom. The van der Waals surface area contributed by atoms with Crippen LogP contribution in [-0.2, 0) is 42.0 Å². The SMILES string of the molecule is Cc1c(C)c(C(=O)CC(C)(OOC(C)(C)c2ccccc2)c2ccccc2)c(C)c(C(=O)CC(C)(OOC(C)(C)c2ccccc2)c2ccccc2)c1C. The van der Waals surface area contributed by atoms with Gasteiger partial charge < -0.3 is 0 Å². The number of carbonyl (C=O) groups excluding carboxylic acids is 2. The Bertz CT molecular complexity index is 1910. The van der Waals surface area contributed by atoms with Crippen molar-refractivity contribution in [2.45, 2.75) is 104 Å². The molecule has 2 unspecified atom stereocenters. The summed E-state index contributed by atoms with van der Waals surface area (Å²) in [6.07, 6.45) is -0.0418. The van der Waals surface area contributed by atoms with Gasteiger partial charge in [-0.15, -0.1) is 0 Å². The van der Waals surface area contributed by atoms with E-state index in [0.29, 0.717) is 16.7 Å². The lowest BCUT2D eigenvalue weighted by atomic mass is 9.80. The largest absolute Gasteiger partial charge is 0.294 e. The van der Waals surface area contributed by atoms with Crippen molar-refractivity contribution in [3.8, 4) is 0 Å². The highest BCUT2D eigenvalue weighted by atomic mass is 17.2. The van der Waals surface area contributed by atoms with Crippen molar-refractivity contribution < 1.29 is 29.1 Å². The van der Waals surface area contributed by atoms with E-state index in [0.717, 1.165) is 38.9 Å². The van der Waals surface area contributed by atoms with Crippen LogP contribution in [-0.4, -0.2) is 11.6 Å². The van der Waals surface area contributed by atoms with Gasteiger partial charge in [-0.25, -0.2) is 19.6 Å². The lowest BCUT2D eigenvalue weighted by Gasteiger charge is -2.34. The lowest BCUT2D eigenvalue weighted by Crippen LogP contribution is -2.35. The van der Waals surface area contributed by atoms with Gasteiger partial charge in [0.25, 0.3) is 0 Å². The first-order valence-corrected chi connectivity index (χ1v) is 18.6. The minimum atomic E-state index is -1.14. The van der Waals surface area contributed by atoms with Gasteiger partial charge in [0.05, 0.1) is 0 Å². The molecule has 0 saturated carbocycles. The number of Topliss-reactive ketones (excluding diaryl/α,β-unsaturated/α-hetero) is 2. The summed E-state index contributed by atoms with van der Waals surface area (Å²) in [5.74, 6) is -0.297. The standard InChI is InChI=1S/C48H54O6/c1-33-34(2)43(41(49)31-47(9,39-27-19-13-20-28-39)53-51-45(5,6)37-23-15-11-16-24-37)36(4)44(35(33)3)42(50)32-48(10,40-29-21-14-22-30-40)54-52-46(7,8)38-25-17-12-18-26-38/h11-30H,31-32H2,1-10H3. The first kappa shape index (κ1) is 40.5. The van der Waals surface area contributed by atoms with Crippen molar-refractivity contribution in [2.24, 2.45) is 0 Å². The van der Waals surface area contributed by atoms with Gasteiger partial charge in [-0.2, -0.15) is 0 Å². The Morgan fingerprint density at radius 1 is 0.389 bits per heavy atom. The fraction of sp³-hybridized carbons (Fsp3) is 0.333. The molecule has 0 fully saturated rings. The molecule has 5 aromatic rings. The lowest BCUT2D eigenvalue weighted by molar-refractivity contribution is -0.412. The molecule has 0 aliphatic rings. The van der Waals surface area contributed by atoms with Crippen LogP contribution in [0.1, 0.15) is 120 Å². The molecule has 6 heteroatoms. The summed E-state index contributed by atoms with van der Waals surface area (Å²) in [6.45, 7) is 19.2. The smallest absolute Gasteiger partial charge is 0.166 e. The zero-order valence-electron chi connectivity index (χ0n) is 33.4. The van der Waals surface area contributed by atoms with E-state index in [1.54, 1.807) is 0 Å². The van der Waals surface area contributed by atoms with E-state index in [-0.39, 0.29) is 24.4 Å². The fourth-order valence-corrected chi connectivity index (χ4v) is 7.08. The molecule has 0 spiro atoms. The second kappa shape index (κ2) is 16.3. The minimum Gasteiger partial charge on any atom is -0.294 e. The van der Waals surface area contributed by atoms with Crippen LogP contribution in [0.4, 0.5) is 0 Å². The van der Waals surface area contributed by atoms with Crippen molar-refractivity contribution in [2.75, 3.05) is 0 Å². The quantitative estimate of drug-likeness (QED) is 0.0573. The minimum absolute atomic E-state index is 0.0209. The highest BCUT2D eigenvalue weighted by molar-refractivity contribution is 6.06. The number of rotatable bonds is 16. The summed E-state index contributed by atoms with van der Waals surface area (Å²) in [5.41, 5.74) is 3.82. The topological polar surface area (TPSA) is 71.1 Å². The average Bonchev–Trinajstić information content (AvgIpc) is 3.17. The van der Waals surface area contributed by atoms with Gasteiger partial charge in [-0.3, -0.25) is 9.59 Å². The normalized spacial score (nSPS) is 14.3. The summed E-state index contributed by atoms with van der Waals surface area (Å²) >= 11 is 0. The summed E-state index contributed by atoms with van der Waals surface area (Å²) in [7, 11) is 0. The van der Waals surface area contributed by atoms with Crippen LogP contribution in [0.3, 0.4) is 0 Å². The fourth-order valence-electron chi connectivity index (χ4n) is 7.08. The third kappa shape index (κ3) is 8.80. The zero-order chi connectivity index (χ0) is 39.3. The van der Waals surface area contributed by atoms with Crippen molar-refractivity contribution in [1.29, 1.82) is 0 Å². The molecule has 0 radical (unpaired) electrons. The predicted octanol–water partition coefficient (Wildman–Crippen LogP) is 11.7. The molecule has 0 aromatic heterocycles. The Labute approximate surface area is 321 Å². The number of carbonyl (C=O) groups is 2. The monoisotopic (exact) mass is 726 g/mol. The van der Waals surface area contributed by atoms with Gasteiger partial charge in [0.2, 0.25) is 0 Å². The molecular formula is C48H54O6. The first-order valence-electron chi connectivity index (χ1n) is 18.6. The zero-order valence-corrected chi connectivity index (χ0v) is 33.4. The molecule has 5 aromatic carbocycles. The summed E-state index contributed by atoms with van der Waals surface area (Å²) in [6, 6.07) is 39.0. The molecule has 0 N–H and O–H groups in total. The Morgan fingerprint density at radius 2 is 0.667 bits per heavy atom. The van der Waals surface area contributed by atoms with E-state index in [4.69, 9.17) is 19.6 Å². The summed E-state index contributed by atoms with van der Waals surface area (Å²) in [4.78, 5) is 54.3. The third-order valence-corrected chi connectivity index (χ3v) is 10.8. The van der Waals surface area contributed by atoms with Crippen molar-refractivity contribution in [3.05, 3.63) is 177 Å². The molecule has 0 aliphatic carbocycles. The molecule has 282 valence electrons. The molecule has 2 atom stereocenters. The van der Waals surface area contributed by atoms with Crippen molar-refractivity contribution in [3.63, 3.8) is 0 Å². The number of benzene rings is 5. The predicted molar refractivity (Wildman–Crippen MR) is 214 cm³/mol. The van der Waals surface area contributed by atoms with E-state index >= 15 is 0 Å². The molecule has 0 bridgehead atoms. The first-order chi connectivity index (χ1) is 25.5. The molecule has 0 aliphatic heterocycles. The van der Waals surface area contributed by atoms with Crippen LogP contribution in [0, 0.1) is 27.7 Å². The summed E-state index contributed by atoms with van der Waals surface area (Å²) < 4.78 is 0. The van der Waals surface area contributed by atoms with Gasteiger partial charge in [-0.1, -0.05) is 121 Å². The maximum Gasteiger partial charge on any atom is 0.166 e. The molecule has 54 heavy (non-hydrogen) atoms. The van der Waals surface area contributed by atoms with E-state index in [1.165, 1.54) is 0 Å². The summed E-state index contributed by atoms with van der Waals surface area (Å²) in [5, 5.41) is 0. The number of hydrogen-bond donors (Lipinski definition) is 0. The molecule has 5 rings (SSSR count). The van der Waals surface area contributed by atoms with E-state index in [9.17, 15) is 9.59 Å². The van der Waals surface area contributed by atoms with Crippen LogP contribution in [0.25, 0.3) is 0 Å². The van der Waals surface area contributed by atoms with Crippen LogP contribution in [0.15, 0.2) is 121 Å². The van der Waals surface area contributed by atoms with Gasteiger partial charge in [0, 0.05) is 24.0 Å². The Kier molecular flexibility index (Phi) is 12.2. The second-order valence-electron chi connectivity index (χ2n) is 15.7. The van der Waals surface area contributed by atoms with Gasteiger partial charge in [0.15, 0.2) is 11.6 Å². The van der Waals surface area contributed by atoms with Crippen LogP contribution in [0.2, 0.25) is 0 Å². The van der Waals surface area contributed by atoms with Crippen LogP contribution in [0.5, 0.6) is 0 Å². The van der Waals surface area contributed by atoms with E-state index < -0.39 is 22.4 Å². The molecule has 0 heterocycles. The van der Waals surface area contributed by atoms with Crippen LogP contribution >= 0.6 is 0 Å².